The fourth-order valence-corrected chi connectivity index (χ4v) is 4.40. The molecule has 12 heteroatoms. The molecule has 0 unspecified atom stereocenters. The molecule has 0 saturated carbocycles. The Morgan fingerprint density at radius 3 is 2.72 bits per heavy atom. The molecular weight excluding hydrogens is 467 g/mol. The molecule has 0 radical (unpaired) electrons. The third-order valence-electron chi connectivity index (χ3n) is 4.00. The van der Waals surface area contributed by atoms with Crippen LogP contribution in [0.2, 0.25) is 0 Å². The first-order valence-corrected chi connectivity index (χ1v) is 11.3. The molecule has 0 aliphatic carbocycles. The first-order valence-electron chi connectivity index (χ1n) is 8.92. The number of nitrogens with one attached hydrogen (secondary N) is 2. The molecule has 0 atom stereocenters. The van der Waals surface area contributed by atoms with Crippen LogP contribution in [0.1, 0.15) is 10.4 Å². The third-order valence-corrected chi connectivity index (χ3v) is 6.20. The Bertz CT molecular complexity index is 1250. The molecule has 1 aromatic heterocycles. The van der Waals surface area contributed by atoms with Gasteiger partial charge in [0.25, 0.3) is 5.91 Å². The molecule has 1 heterocycles. The molecule has 168 valence electrons. The lowest BCUT2D eigenvalue weighted by Gasteiger charge is -2.09. The minimum atomic E-state index is -4.19. The molecule has 0 bridgehead atoms. The average Bonchev–Trinajstić information content (AvgIpc) is 3.20. The number of hydrogen-bond acceptors (Lipinski definition) is 6. The van der Waals surface area contributed by atoms with Crippen molar-refractivity contribution in [2.75, 3.05) is 11.9 Å². The molecule has 0 spiro atoms. The number of thiazole rings is 1. The summed E-state index contributed by atoms with van der Waals surface area (Å²) >= 11 is 1.02. The highest BCUT2D eigenvalue weighted by Crippen LogP contribution is 2.33. The Morgan fingerprint density at radius 2 is 2.00 bits per heavy atom. The van der Waals surface area contributed by atoms with E-state index in [1.165, 1.54) is 29.7 Å². The second-order valence-electron chi connectivity index (χ2n) is 6.15. The van der Waals surface area contributed by atoms with Gasteiger partial charge in [0, 0.05) is 23.1 Å². The van der Waals surface area contributed by atoms with Gasteiger partial charge in [-0.05, 0) is 30.3 Å². The van der Waals surface area contributed by atoms with Crippen LogP contribution in [0.15, 0.2) is 65.4 Å². The van der Waals surface area contributed by atoms with Crippen LogP contribution in [0.5, 0.6) is 5.75 Å². The van der Waals surface area contributed by atoms with Gasteiger partial charge in [-0.15, -0.1) is 17.9 Å². The van der Waals surface area contributed by atoms with E-state index in [4.69, 9.17) is 0 Å². The fraction of sp³-hybridized carbons (Fsp3) is 0.100. The molecule has 2 N–H and O–H groups in total. The second kappa shape index (κ2) is 9.94. The number of amides is 1. The number of benzene rings is 2. The van der Waals surface area contributed by atoms with Gasteiger partial charge in [-0.25, -0.2) is 22.5 Å². The van der Waals surface area contributed by atoms with Crippen LogP contribution < -0.4 is 14.8 Å². The van der Waals surface area contributed by atoms with Gasteiger partial charge in [-0.1, -0.05) is 18.2 Å². The van der Waals surface area contributed by atoms with Crippen molar-refractivity contribution in [1.29, 1.82) is 0 Å². The zero-order valence-electron chi connectivity index (χ0n) is 16.2. The van der Waals surface area contributed by atoms with Crippen molar-refractivity contribution in [3.63, 3.8) is 0 Å². The molecule has 1 amide bonds. The van der Waals surface area contributed by atoms with Crippen LogP contribution in [0.4, 0.5) is 18.3 Å². The van der Waals surface area contributed by atoms with E-state index < -0.39 is 33.3 Å². The van der Waals surface area contributed by atoms with Crippen molar-refractivity contribution in [1.82, 2.24) is 9.71 Å². The molecule has 3 aromatic rings. The lowest BCUT2D eigenvalue weighted by molar-refractivity contribution is -0.0494. The van der Waals surface area contributed by atoms with Crippen molar-refractivity contribution in [2.24, 2.45) is 0 Å². The molecule has 0 aliphatic rings. The standard InChI is InChI=1S/C20H16F3N3O4S2/c1-2-9-24-32(28,29)17-10-12(7-8-14(17)21)18(27)26-20-25-15(11-31-20)13-5-3-4-6-16(13)30-19(22)23/h2-8,10-11,19,24H,1,9H2,(H,25,26,27). The number of carbonyl (C=O) groups excluding carboxylic acids is 1. The van der Waals surface area contributed by atoms with E-state index in [-0.39, 0.29) is 28.7 Å². The maximum Gasteiger partial charge on any atom is 0.387 e. The summed E-state index contributed by atoms with van der Waals surface area (Å²) in [6.45, 7) is 0.251. The van der Waals surface area contributed by atoms with Crippen molar-refractivity contribution < 1.29 is 31.1 Å². The number of halogens is 3. The summed E-state index contributed by atoms with van der Waals surface area (Å²) in [5.41, 5.74) is 0.467. The van der Waals surface area contributed by atoms with Gasteiger partial charge in [0.1, 0.15) is 16.5 Å². The number of sulfonamides is 1. The van der Waals surface area contributed by atoms with Gasteiger partial charge in [0.05, 0.1) is 5.69 Å². The molecule has 2 aromatic carbocycles. The number of ether oxygens (including phenoxy) is 1. The summed E-state index contributed by atoms with van der Waals surface area (Å²) in [7, 11) is -4.19. The van der Waals surface area contributed by atoms with Crippen LogP contribution in [-0.2, 0) is 10.0 Å². The van der Waals surface area contributed by atoms with Gasteiger partial charge in [0.15, 0.2) is 5.13 Å². The minimum Gasteiger partial charge on any atom is -0.434 e. The molecule has 0 saturated heterocycles. The number of carbonyl (C=O) groups is 1. The molecule has 3 rings (SSSR count). The zero-order valence-corrected chi connectivity index (χ0v) is 17.9. The van der Waals surface area contributed by atoms with Crippen molar-refractivity contribution >= 4 is 32.4 Å². The van der Waals surface area contributed by atoms with Crippen molar-refractivity contribution in [3.8, 4) is 17.0 Å². The summed E-state index contributed by atoms with van der Waals surface area (Å²) in [5.74, 6) is -1.83. The Labute approximate surface area is 185 Å². The largest absolute Gasteiger partial charge is 0.434 e. The zero-order chi connectivity index (χ0) is 23.3. The van der Waals surface area contributed by atoms with Crippen LogP contribution in [0.25, 0.3) is 11.3 Å². The first-order chi connectivity index (χ1) is 15.2. The monoisotopic (exact) mass is 483 g/mol. The van der Waals surface area contributed by atoms with Crippen LogP contribution >= 0.6 is 11.3 Å². The number of anilines is 1. The highest BCUT2D eigenvalue weighted by Gasteiger charge is 2.21. The summed E-state index contributed by atoms with van der Waals surface area (Å²) in [4.78, 5) is 16.1. The van der Waals surface area contributed by atoms with Gasteiger partial charge in [-0.3, -0.25) is 10.1 Å². The number of alkyl halides is 2. The van der Waals surface area contributed by atoms with E-state index >= 15 is 0 Å². The van der Waals surface area contributed by atoms with E-state index in [0.29, 0.717) is 5.56 Å². The van der Waals surface area contributed by atoms with Gasteiger partial charge < -0.3 is 4.74 Å². The summed E-state index contributed by atoms with van der Waals surface area (Å²) in [5, 5.41) is 4.13. The third kappa shape index (κ3) is 5.52. The molecule has 0 fully saturated rings. The number of para-hydroxylation sites is 1. The minimum absolute atomic E-state index is 0.0777. The topological polar surface area (TPSA) is 97.4 Å². The average molecular weight is 483 g/mol. The van der Waals surface area contributed by atoms with E-state index in [1.54, 1.807) is 6.07 Å². The van der Waals surface area contributed by atoms with Gasteiger partial charge in [-0.2, -0.15) is 8.78 Å². The van der Waals surface area contributed by atoms with Crippen LogP contribution in [0.3, 0.4) is 0 Å². The molecular formula is C20H16F3N3O4S2. The number of aromatic nitrogens is 1. The quantitative estimate of drug-likeness (QED) is 0.443. The second-order valence-corrected chi connectivity index (χ2v) is 8.75. The first kappa shape index (κ1) is 23.4. The van der Waals surface area contributed by atoms with E-state index in [9.17, 15) is 26.4 Å². The summed E-state index contributed by atoms with van der Waals surface area (Å²) in [6.07, 6.45) is 1.29. The predicted molar refractivity (Wildman–Crippen MR) is 114 cm³/mol. The normalized spacial score (nSPS) is 11.4. The van der Waals surface area contributed by atoms with Gasteiger partial charge in [0.2, 0.25) is 10.0 Å². The lowest BCUT2D eigenvalue weighted by Crippen LogP contribution is -2.25. The van der Waals surface area contributed by atoms with Crippen molar-refractivity contribution in [3.05, 3.63) is 71.9 Å². The SMILES string of the molecule is C=CCNS(=O)(=O)c1cc(C(=O)Nc2nc(-c3ccccc3OC(F)F)cs2)ccc1F. The van der Waals surface area contributed by atoms with Crippen LogP contribution in [0, 0.1) is 5.82 Å². The van der Waals surface area contributed by atoms with E-state index in [2.05, 4.69) is 26.3 Å². The maximum atomic E-state index is 14.0. The van der Waals surface area contributed by atoms with Crippen LogP contribution in [-0.4, -0.2) is 32.5 Å². The molecule has 0 aliphatic heterocycles. The number of rotatable bonds is 9. The Hall–Kier alpha value is -3.22. The molecule has 32 heavy (non-hydrogen) atoms. The van der Waals surface area contributed by atoms with Crippen molar-refractivity contribution in [2.45, 2.75) is 11.5 Å². The highest BCUT2D eigenvalue weighted by molar-refractivity contribution is 7.89. The Balaban J connectivity index is 1.82. The van der Waals surface area contributed by atoms with E-state index in [0.717, 1.165) is 29.5 Å². The molecule has 7 nitrogen and oxygen atoms in total. The Morgan fingerprint density at radius 1 is 1.25 bits per heavy atom. The number of nitrogens with zero attached hydrogens (tertiary/aromatic N) is 1. The predicted octanol–water partition coefficient (Wildman–Crippen LogP) is 4.27. The van der Waals surface area contributed by atoms with Gasteiger partial charge >= 0.3 is 6.61 Å². The number of hydrogen-bond donors (Lipinski definition) is 2. The fourth-order valence-electron chi connectivity index (χ4n) is 2.60. The summed E-state index contributed by atoms with van der Waals surface area (Å²) < 4.78 is 70.3. The summed E-state index contributed by atoms with van der Waals surface area (Å²) in [6, 6.07) is 8.93. The highest BCUT2D eigenvalue weighted by atomic mass is 32.2. The Kier molecular flexibility index (Phi) is 7.28. The smallest absolute Gasteiger partial charge is 0.387 e. The lowest BCUT2D eigenvalue weighted by atomic mass is 10.1. The maximum absolute atomic E-state index is 14.0. The van der Waals surface area contributed by atoms with E-state index in [1.807, 2.05) is 0 Å².